The van der Waals surface area contributed by atoms with Crippen LogP contribution in [0.1, 0.15) is 6.42 Å². The molecular weight excluding hydrogens is 224 g/mol. The van der Waals surface area contributed by atoms with Gasteiger partial charge in [0.1, 0.15) is 0 Å². The number of hydrogen-bond acceptors (Lipinski definition) is 4. The molecule has 0 aromatic heterocycles. The lowest BCUT2D eigenvalue weighted by molar-refractivity contribution is 0.717. The normalized spacial score (nSPS) is 19.5. The second-order valence-corrected chi connectivity index (χ2v) is 5.53. The first kappa shape index (κ1) is 11.2. The Morgan fingerprint density at radius 2 is 2.47 bits per heavy atom. The minimum absolute atomic E-state index is 0.535. The van der Waals surface area contributed by atoms with E-state index in [1.807, 2.05) is 11.8 Å². The van der Waals surface area contributed by atoms with E-state index in [0.29, 0.717) is 6.04 Å². The summed E-state index contributed by atoms with van der Waals surface area (Å²) in [7, 11) is 0. The highest BCUT2D eigenvalue weighted by Gasteiger charge is 2.17. The maximum absolute atomic E-state index is 5.57. The van der Waals surface area contributed by atoms with E-state index in [2.05, 4.69) is 29.8 Å². The van der Waals surface area contributed by atoms with Gasteiger partial charge >= 0.3 is 0 Å². The van der Waals surface area contributed by atoms with Gasteiger partial charge in [0.2, 0.25) is 0 Å². The molecule has 1 aliphatic heterocycles. The van der Waals surface area contributed by atoms with Gasteiger partial charge in [0.25, 0.3) is 0 Å². The number of rotatable bonds is 3. The molecule has 2 rings (SSSR count). The van der Waals surface area contributed by atoms with Gasteiger partial charge in [-0.25, -0.2) is 0 Å². The molecule has 1 heterocycles. The summed E-state index contributed by atoms with van der Waals surface area (Å²) in [5.74, 6) is 1.13. The van der Waals surface area contributed by atoms with Crippen molar-refractivity contribution in [3.63, 3.8) is 0 Å². The fourth-order valence-electron chi connectivity index (χ4n) is 1.68. The molecule has 82 valence electrons. The monoisotopic (exact) mass is 240 g/mol. The van der Waals surface area contributed by atoms with Crippen LogP contribution in [0.2, 0.25) is 0 Å². The molecule has 0 saturated carbocycles. The molecule has 0 radical (unpaired) electrons. The Hall–Kier alpha value is -0.320. The Labute approximate surface area is 99.4 Å². The number of thioether (sulfide) groups is 2. The first-order valence-corrected chi connectivity index (χ1v) is 7.32. The van der Waals surface area contributed by atoms with Gasteiger partial charge in [0.05, 0.1) is 0 Å². The molecule has 1 aromatic carbocycles. The van der Waals surface area contributed by atoms with Crippen molar-refractivity contribution < 1.29 is 0 Å². The Morgan fingerprint density at radius 3 is 3.20 bits per heavy atom. The number of nitrogens with two attached hydrogens (primary N) is 1. The largest absolute Gasteiger partial charge is 0.381 e. The first-order valence-electron chi connectivity index (χ1n) is 5.11. The molecule has 0 saturated heterocycles. The SMILES string of the molecule is CSc1ccc2c(c1)SCC(CCN)N2. The molecule has 0 bridgehead atoms. The molecule has 1 atom stereocenters. The zero-order valence-electron chi connectivity index (χ0n) is 8.82. The van der Waals surface area contributed by atoms with Crippen LogP contribution in [0.25, 0.3) is 0 Å². The molecule has 15 heavy (non-hydrogen) atoms. The Kier molecular flexibility index (Phi) is 3.83. The lowest BCUT2D eigenvalue weighted by atomic mass is 10.2. The highest BCUT2D eigenvalue weighted by atomic mass is 32.2. The minimum atomic E-state index is 0.535. The lowest BCUT2D eigenvalue weighted by Crippen LogP contribution is -2.28. The van der Waals surface area contributed by atoms with Crippen molar-refractivity contribution in [2.75, 3.05) is 23.9 Å². The summed E-state index contributed by atoms with van der Waals surface area (Å²) >= 11 is 3.73. The maximum Gasteiger partial charge on any atom is 0.0481 e. The molecule has 0 amide bonds. The average Bonchev–Trinajstić information content (AvgIpc) is 2.29. The second-order valence-electron chi connectivity index (χ2n) is 3.59. The molecular formula is C11H16N2S2. The predicted molar refractivity (Wildman–Crippen MR) is 70.0 cm³/mol. The van der Waals surface area contributed by atoms with Crippen LogP contribution in [-0.4, -0.2) is 24.6 Å². The summed E-state index contributed by atoms with van der Waals surface area (Å²) in [5, 5.41) is 3.54. The quantitative estimate of drug-likeness (QED) is 0.797. The van der Waals surface area contributed by atoms with E-state index >= 15 is 0 Å². The van der Waals surface area contributed by atoms with E-state index in [1.165, 1.54) is 15.5 Å². The topological polar surface area (TPSA) is 38.0 Å². The van der Waals surface area contributed by atoms with Crippen LogP contribution in [0.5, 0.6) is 0 Å². The highest BCUT2D eigenvalue weighted by Crippen LogP contribution is 2.36. The van der Waals surface area contributed by atoms with Crippen LogP contribution < -0.4 is 11.1 Å². The van der Waals surface area contributed by atoms with Crippen molar-refractivity contribution in [3.05, 3.63) is 18.2 Å². The van der Waals surface area contributed by atoms with Gasteiger partial charge in [-0.1, -0.05) is 0 Å². The fourth-order valence-corrected chi connectivity index (χ4v) is 3.31. The van der Waals surface area contributed by atoms with E-state index in [4.69, 9.17) is 5.73 Å². The third kappa shape index (κ3) is 2.62. The molecule has 0 aliphatic carbocycles. The van der Waals surface area contributed by atoms with Crippen molar-refractivity contribution >= 4 is 29.2 Å². The highest BCUT2D eigenvalue weighted by molar-refractivity contribution is 8.00. The number of anilines is 1. The van der Waals surface area contributed by atoms with E-state index in [1.54, 1.807) is 11.8 Å². The Bertz CT molecular complexity index is 341. The van der Waals surface area contributed by atoms with Gasteiger partial charge in [-0.3, -0.25) is 0 Å². The molecule has 1 unspecified atom stereocenters. The van der Waals surface area contributed by atoms with E-state index in [0.717, 1.165) is 18.7 Å². The van der Waals surface area contributed by atoms with Gasteiger partial charge in [0, 0.05) is 27.3 Å². The van der Waals surface area contributed by atoms with Crippen molar-refractivity contribution in [3.8, 4) is 0 Å². The average molecular weight is 240 g/mol. The summed E-state index contributed by atoms with van der Waals surface area (Å²) in [6.45, 7) is 0.760. The van der Waals surface area contributed by atoms with Crippen molar-refractivity contribution in [2.45, 2.75) is 22.3 Å². The Morgan fingerprint density at radius 1 is 1.60 bits per heavy atom. The van der Waals surface area contributed by atoms with E-state index in [9.17, 15) is 0 Å². The van der Waals surface area contributed by atoms with Crippen LogP contribution in [0, 0.1) is 0 Å². The van der Waals surface area contributed by atoms with Crippen molar-refractivity contribution in [2.24, 2.45) is 5.73 Å². The molecule has 1 aliphatic rings. The van der Waals surface area contributed by atoms with Crippen LogP contribution >= 0.6 is 23.5 Å². The summed E-state index contributed by atoms with van der Waals surface area (Å²) in [6, 6.07) is 7.14. The molecule has 0 spiro atoms. The van der Waals surface area contributed by atoms with Gasteiger partial charge in [-0.15, -0.1) is 23.5 Å². The van der Waals surface area contributed by atoms with Gasteiger partial charge in [-0.05, 0) is 37.4 Å². The maximum atomic E-state index is 5.57. The van der Waals surface area contributed by atoms with Crippen LogP contribution in [0.3, 0.4) is 0 Å². The lowest BCUT2D eigenvalue weighted by Gasteiger charge is -2.26. The summed E-state index contributed by atoms with van der Waals surface area (Å²) < 4.78 is 0. The molecule has 2 nitrogen and oxygen atoms in total. The van der Waals surface area contributed by atoms with Gasteiger partial charge in [-0.2, -0.15) is 0 Å². The van der Waals surface area contributed by atoms with Gasteiger partial charge < -0.3 is 11.1 Å². The zero-order chi connectivity index (χ0) is 10.7. The standard InChI is InChI=1S/C11H16N2S2/c1-14-9-2-3-10-11(6-9)15-7-8(13-10)4-5-12/h2-3,6,8,13H,4-5,7,12H2,1H3. The molecule has 3 N–H and O–H groups in total. The molecule has 0 fully saturated rings. The summed E-state index contributed by atoms with van der Waals surface area (Å²) in [5.41, 5.74) is 6.84. The van der Waals surface area contributed by atoms with E-state index < -0.39 is 0 Å². The van der Waals surface area contributed by atoms with Crippen molar-refractivity contribution in [1.29, 1.82) is 0 Å². The third-order valence-corrected chi connectivity index (χ3v) is 4.45. The number of nitrogens with one attached hydrogen (secondary N) is 1. The predicted octanol–water partition coefficient (Wildman–Crippen LogP) is 2.64. The third-order valence-electron chi connectivity index (χ3n) is 2.50. The molecule has 4 heteroatoms. The number of fused-ring (bicyclic) bond motifs is 1. The van der Waals surface area contributed by atoms with Gasteiger partial charge in [0.15, 0.2) is 0 Å². The molecule has 1 aromatic rings. The Balaban J connectivity index is 2.13. The summed E-state index contributed by atoms with van der Waals surface area (Å²) in [4.78, 5) is 2.70. The fraction of sp³-hybridized carbons (Fsp3) is 0.455. The smallest absolute Gasteiger partial charge is 0.0481 e. The first-order chi connectivity index (χ1) is 7.33. The van der Waals surface area contributed by atoms with Crippen LogP contribution in [0.4, 0.5) is 5.69 Å². The van der Waals surface area contributed by atoms with Crippen molar-refractivity contribution in [1.82, 2.24) is 0 Å². The number of hydrogen-bond donors (Lipinski definition) is 2. The van der Waals surface area contributed by atoms with Crippen LogP contribution in [-0.2, 0) is 0 Å². The number of benzene rings is 1. The van der Waals surface area contributed by atoms with E-state index in [-0.39, 0.29) is 0 Å². The van der Waals surface area contributed by atoms with Crippen LogP contribution in [0.15, 0.2) is 28.0 Å². The minimum Gasteiger partial charge on any atom is -0.381 e. The second kappa shape index (κ2) is 5.14. The summed E-state index contributed by atoms with van der Waals surface area (Å²) in [6.07, 6.45) is 3.16. The zero-order valence-corrected chi connectivity index (χ0v) is 10.5.